The first-order chi connectivity index (χ1) is 9.17. The number of nitrogens with one attached hydrogen (secondary N) is 1. The molecular weight excluding hydrogens is 258 g/mol. The van der Waals surface area contributed by atoms with Crippen LogP contribution in [-0.4, -0.2) is 17.8 Å². The quantitative estimate of drug-likeness (QED) is 0.841. The van der Waals surface area contributed by atoms with Gasteiger partial charge in [0.05, 0.1) is 6.42 Å². The van der Waals surface area contributed by atoms with Crippen LogP contribution in [-0.2, 0) is 11.2 Å². The average molecular weight is 280 g/mol. The van der Waals surface area contributed by atoms with Gasteiger partial charge in [-0.05, 0) is 44.1 Å². The first kappa shape index (κ1) is 14.4. The van der Waals surface area contributed by atoms with Crippen molar-refractivity contribution in [2.75, 3.05) is 5.88 Å². The van der Waals surface area contributed by atoms with Crippen molar-refractivity contribution in [3.05, 3.63) is 35.4 Å². The molecule has 0 saturated heterocycles. The Kier molecular flexibility index (Phi) is 5.26. The minimum atomic E-state index is 0.139. The molecule has 3 heteroatoms. The molecule has 0 atom stereocenters. The predicted octanol–water partition coefficient (Wildman–Crippen LogP) is 3.45. The van der Waals surface area contributed by atoms with Crippen LogP contribution in [0, 0.1) is 12.8 Å². The highest BCUT2D eigenvalue weighted by molar-refractivity contribution is 6.18. The third-order valence-electron chi connectivity index (χ3n) is 3.88. The third-order valence-corrected chi connectivity index (χ3v) is 4.31. The molecule has 0 unspecified atom stereocenters. The molecule has 1 aromatic rings. The van der Waals surface area contributed by atoms with E-state index in [9.17, 15) is 4.79 Å². The monoisotopic (exact) mass is 279 g/mol. The summed E-state index contributed by atoms with van der Waals surface area (Å²) < 4.78 is 0. The molecule has 104 valence electrons. The van der Waals surface area contributed by atoms with Crippen molar-refractivity contribution >= 4 is 17.5 Å². The topological polar surface area (TPSA) is 29.1 Å². The normalized spacial score (nSPS) is 23.1. The van der Waals surface area contributed by atoms with Gasteiger partial charge in [-0.2, -0.15) is 0 Å². The summed E-state index contributed by atoms with van der Waals surface area (Å²) >= 11 is 5.87. The van der Waals surface area contributed by atoms with Crippen LogP contribution < -0.4 is 5.32 Å². The molecule has 0 radical (unpaired) electrons. The van der Waals surface area contributed by atoms with Gasteiger partial charge >= 0.3 is 0 Å². The van der Waals surface area contributed by atoms with Gasteiger partial charge in [-0.15, -0.1) is 11.6 Å². The zero-order chi connectivity index (χ0) is 13.7. The van der Waals surface area contributed by atoms with Crippen LogP contribution in [0.4, 0.5) is 0 Å². The molecule has 0 aliphatic heterocycles. The Morgan fingerprint density at radius 2 is 2.05 bits per heavy atom. The van der Waals surface area contributed by atoms with E-state index >= 15 is 0 Å². The number of alkyl halides is 1. The van der Waals surface area contributed by atoms with E-state index in [-0.39, 0.29) is 5.91 Å². The number of hydrogen-bond donors (Lipinski definition) is 1. The summed E-state index contributed by atoms with van der Waals surface area (Å²) in [6.45, 7) is 2.05. The summed E-state index contributed by atoms with van der Waals surface area (Å²) in [4.78, 5) is 12.0. The maximum absolute atomic E-state index is 12.0. The summed E-state index contributed by atoms with van der Waals surface area (Å²) in [6.07, 6.45) is 4.89. The van der Waals surface area contributed by atoms with E-state index in [2.05, 4.69) is 24.4 Å². The molecule has 1 aliphatic rings. The van der Waals surface area contributed by atoms with E-state index in [0.29, 0.717) is 18.4 Å². The Balaban J connectivity index is 1.79. The van der Waals surface area contributed by atoms with Crippen molar-refractivity contribution in [2.45, 2.75) is 45.1 Å². The van der Waals surface area contributed by atoms with Crippen LogP contribution in [0.15, 0.2) is 24.3 Å². The zero-order valence-electron chi connectivity index (χ0n) is 11.5. The van der Waals surface area contributed by atoms with E-state index in [1.165, 1.54) is 5.56 Å². The highest BCUT2D eigenvalue weighted by Gasteiger charge is 2.21. The summed E-state index contributed by atoms with van der Waals surface area (Å²) in [6, 6.07) is 8.48. The van der Waals surface area contributed by atoms with E-state index in [1.807, 2.05) is 12.1 Å². The molecule has 0 heterocycles. The summed E-state index contributed by atoms with van der Waals surface area (Å²) in [5, 5.41) is 3.15. The molecule has 0 aromatic heterocycles. The van der Waals surface area contributed by atoms with E-state index in [1.54, 1.807) is 0 Å². The molecule has 1 aromatic carbocycles. The number of halogens is 1. The van der Waals surface area contributed by atoms with Gasteiger partial charge in [0.15, 0.2) is 0 Å². The first-order valence-corrected chi connectivity index (χ1v) is 7.61. The van der Waals surface area contributed by atoms with Gasteiger partial charge in [-0.1, -0.05) is 29.8 Å². The van der Waals surface area contributed by atoms with Crippen molar-refractivity contribution in [1.82, 2.24) is 5.32 Å². The average Bonchev–Trinajstić information content (AvgIpc) is 2.39. The van der Waals surface area contributed by atoms with Gasteiger partial charge in [0.25, 0.3) is 0 Å². The van der Waals surface area contributed by atoms with Crippen molar-refractivity contribution in [3.8, 4) is 0 Å². The van der Waals surface area contributed by atoms with E-state index in [0.717, 1.165) is 37.1 Å². The maximum Gasteiger partial charge on any atom is 0.224 e. The minimum Gasteiger partial charge on any atom is -0.353 e. The molecule has 0 bridgehead atoms. The number of hydrogen-bond acceptors (Lipinski definition) is 1. The van der Waals surface area contributed by atoms with Crippen molar-refractivity contribution in [2.24, 2.45) is 5.92 Å². The Morgan fingerprint density at radius 1 is 1.32 bits per heavy atom. The number of aryl methyl sites for hydroxylation is 1. The molecule has 1 saturated carbocycles. The van der Waals surface area contributed by atoms with E-state index < -0.39 is 0 Å². The van der Waals surface area contributed by atoms with E-state index in [4.69, 9.17) is 11.6 Å². The van der Waals surface area contributed by atoms with Gasteiger partial charge < -0.3 is 5.32 Å². The molecule has 2 nitrogen and oxygen atoms in total. The Bertz CT molecular complexity index is 425. The Labute approximate surface area is 120 Å². The lowest BCUT2D eigenvalue weighted by molar-refractivity contribution is -0.121. The number of benzene rings is 1. The highest BCUT2D eigenvalue weighted by Crippen LogP contribution is 2.25. The maximum atomic E-state index is 12.0. The summed E-state index contributed by atoms with van der Waals surface area (Å²) in [5.41, 5.74) is 2.29. The van der Waals surface area contributed by atoms with Gasteiger partial charge in [0.2, 0.25) is 5.91 Å². The second-order valence-electron chi connectivity index (χ2n) is 5.61. The van der Waals surface area contributed by atoms with Crippen LogP contribution in [0.3, 0.4) is 0 Å². The molecule has 19 heavy (non-hydrogen) atoms. The standard InChI is InChI=1S/C16H22ClNO/c1-12-3-2-4-14(9-12)10-16(19)18-15-7-5-13(11-17)6-8-15/h2-4,9,13,15H,5-8,10-11H2,1H3,(H,18,19). The van der Waals surface area contributed by atoms with Crippen LogP contribution >= 0.6 is 11.6 Å². The molecule has 1 amide bonds. The number of rotatable bonds is 4. The fraction of sp³-hybridized carbons (Fsp3) is 0.562. The number of carbonyl (C=O) groups is 1. The third kappa shape index (κ3) is 4.54. The van der Waals surface area contributed by atoms with Crippen LogP contribution in [0.25, 0.3) is 0 Å². The molecule has 1 N–H and O–H groups in total. The molecule has 0 spiro atoms. The lowest BCUT2D eigenvalue weighted by Crippen LogP contribution is -2.38. The van der Waals surface area contributed by atoms with Gasteiger partial charge in [-0.25, -0.2) is 0 Å². The van der Waals surface area contributed by atoms with Gasteiger partial charge in [0, 0.05) is 11.9 Å². The Hall–Kier alpha value is -1.02. The molecule has 1 aliphatic carbocycles. The fourth-order valence-electron chi connectivity index (χ4n) is 2.75. The summed E-state index contributed by atoms with van der Waals surface area (Å²) in [5.74, 6) is 1.54. The number of amides is 1. The lowest BCUT2D eigenvalue weighted by atomic mass is 9.87. The number of carbonyl (C=O) groups excluding carboxylic acids is 1. The SMILES string of the molecule is Cc1cccc(CC(=O)NC2CCC(CCl)CC2)c1. The second kappa shape index (κ2) is 6.95. The lowest BCUT2D eigenvalue weighted by Gasteiger charge is -2.27. The van der Waals surface area contributed by atoms with Crippen molar-refractivity contribution < 1.29 is 4.79 Å². The fourth-order valence-corrected chi connectivity index (χ4v) is 3.06. The smallest absolute Gasteiger partial charge is 0.224 e. The van der Waals surface area contributed by atoms with Crippen molar-refractivity contribution in [1.29, 1.82) is 0 Å². The van der Waals surface area contributed by atoms with Gasteiger partial charge in [0.1, 0.15) is 0 Å². The minimum absolute atomic E-state index is 0.139. The summed E-state index contributed by atoms with van der Waals surface area (Å²) in [7, 11) is 0. The van der Waals surface area contributed by atoms with Crippen molar-refractivity contribution in [3.63, 3.8) is 0 Å². The second-order valence-corrected chi connectivity index (χ2v) is 5.91. The molecule has 1 fully saturated rings. The molecule has 2 rings (SSSR count). The van der Waals surface area contributed by atoms with Gasteiger partial charge in [-0.3, -0.25) is 4.79 Å². The largest absolute Gasteiger partial charge is 0.353 e. The van der Waals surface area contributed by atoms with Crippen LogP contribution in [0.5, 0.6) is 0 Å². The first-order valence-electron chi connectivity index (χ1n) is 7.08. The molecular formula is C16H22ClNO. The zero-order valence-corrected chi connectivity index (χ0v) is 12.2. The predicted molar refractivity (Wildman–Crippen MR) is 79.5 cm³/mol. The van der Waals surface area contributed by atoms with Crippen LogP contribution in [0.1, 0.15) is 36.8 Å². The highest BCUT2D eigenvalue weighted by atomic mass is 35.5. The Morgan fingerprint density at radius 3 is 2.68 bits per heavy atom. The van der Waals surface area contributed by atoms with Crippen LogP contribution in [0.2, 0.25) is 0 Å².